The number of nitrogens with zero attached hydrogens (tertiary/aromatic N) is 1. The second-order valence-electron chi connectivity index (χ2n) is 5.94. The molecule has 1 fully saturated rings. The van der Waals surface area contributed by atoms with Crippen molar-refractivity contribution < 1.29 is 18.7 Å². The van der Waals surface area contributed by atoms with Crippen molar-refractivity contribution in [3.8, 4) is 6.07 Å². The summed E-state index contributed by atoms with van der Waals surface area (Å²) in [4.78, 5) is 13.3. The lowest BCUT2D eigenvalue weighted by Crippen LogP contribution is -2.10. The molecule has 0 bridgehead atoms. The lowest BCUT2D eigenvalue weighted by Gasteiger charge is -2.12. The minimum atomic E-state index is -0.558. The highest BCUT2D eigenvalue weighted by molar-refractivity contribution is 7.99. The molecule has 1 aliphatic rings. The molecule has 2 aromatic carbocycles. The van der Waals surface area contributed by atoms with E-state index >= 15 is 0 Å². The van der Waals surface area contributed by atoms with Gasteiger partial charge in [-0.3, -0.25) is 0 Å². The summed E-state index contributed by atoms with van der Waals surface area (Å²) in [5, 5.41) is 8.77. The van der Waals surface area contributed by atoms with Crippen molar-refractivity contribution in [3.05, 3.63) is 65.0 Å². The predicted octanol–water partition coefficient (Wildman–Crippen LogP) is 4.33. The Bertz CT molecular complexity index is 828. The molecule has 0 radical (unpaired) electrons. The number of nitriles is 1. The normalized spacial score (nSPS) is 16.2. The summed E-state index contributed by atoms with van der Waals surface area (Å²) in [6, 6.07) is 13.2. The lowest BCUT2D eigenvalue weighted by atomic mass is 10.1. The summed E-state index contributed by atoms with van der Waals surface area (Å²) in [5.41, 5.74) is 0.930. The first kappa shape index (κ1) is 18.4. The highest BCUT2D eigenvalue weighted by atomic mass is 32.2. The summed E-state index contributed by atoms with van der Waals surface area (Å²) < 4.78 is 24.8. The van der Waals surface area contributed by atoms with Crippen LogP contribution in [0.3, 0.4) is 0 Å². The second-order valence-corrected chi connectivity index (χ2v) is 7.00. The van der Waals surface area contributed by atoms with E-state index in [0.717, 1.165) is 36.2 Å². The van der Waals surface area contributed by atoms with Crippen LogP contribution in [0.1, 0.15) is 34.3 Å². The summed E-state index contributed by atoms with van der Waals surface area (Å²) >= 11 is 1.57. The van der Waals surface area contributed by atoms with Crippen LogP contribution in [-0.4, -0.2) is 24.4 Å². The zero-order valence-corrected chi connectivity index (χ0v) is 14.9. The molecule has 1 aliphatic heterocycles. The average molecular weight is 371 g/mol. The first-order chi connectivity index (χ1) is 12.7. The van der Waals surface area contributed by atoms with Crippen molar-refractivity contribution in [1.82, 2.24) is 0 Å². The van der Waals surface area contributed by atoms with Gasteiger partial charge in [-0.1, -0.05) is 18.2 Å². The van der Waals surface area contributed by atoms with Crippen LogP contribution in [0.2, 0.25) is 0 Å². The Hall–Kier alpha value is -2.36. The van der Waals surface area contributed by atoms with E-state index in [1.54, 1.807) is 23.9 Å². The van der Waals surface area contributed by atoms with Crippen molar-refractivity contribution in [2.75, 3.05) is 12.4 Å². The molecule has 0 aromatic heterocycles. The monoisotopic (exact) mass is 371 g/mol. The number of carbonyl (C=O) groups is 1. The maximum Gasteiger partial charge on any atom is 0.339 e. The number of rotatable bonds is 6. The van der Waals surface area contributed by atoms with Gasteiger partial charge in [0.25, 0.3) is 0 Å². The number of esters is 1. The average Bonchev–Trinajstić information content (AvgIpc) is 3.19. The molecule has 1 saturated heterocycles. The number of ether oxygens (including phenoxy) is 2. The number of hydrogen-bond donors (Lipinski definition) is 0. The minimum Gasteiger partial charge on any atom is -0.457 e. The fraction of sp³-hybridized carbons (Fsp3) is 0.300. The van der Waals surface area contributed by atoms with E-state index in [9.17, 15) is 9.18 Å². The topological polar surface area (TPSA) is 59.3 Å². The Morgan fingerprint density at radius 2 is 2.19 bits per heavy atom. The van der Waals surface area contributed by atoms with Crippen LogP contribution in [-0.2, 0) is 16.1 Å². The highest BCUT2D eigenvalue weighted by Crippen LogP contribution is 2.27. The zero-order valence-electron chi connectivity index (χ0n) is 14.1. The van der Waals surface area contributed by atoms with E-state index in [1.807, 2.05) is 18.2 Å². The Labute approximate surface area is 155 Å². The first-order valence-corrected chi connectivity index (χ1v) is 9.35. The highest BCUT2D eigenvalue weighted by Gasteiger charge is 2.18. The van der Waals surface area contributed by atoms with Crippen molar-refractivity contribution >= 4 is 17.7 Å². The first-order valence-electron chi connectivity index (χ1n) is 8.36. The summed E-state index contributed by atoms with van der Waals surface area (Å²) in [6.45, 7) is 0.617. The van der Waals surface area contributed by atoms with Crippen molar-refractivity contribution in [2.24, 2.45) is 0 Å². The van der Waals surface area contributed by atoms with Gasteiger partial charge < -0.3 is 9.47 Å². The fourth-order valence-electron chi connectivity index (χ4n) is 2.67. The van der Waals surface area contributed by atoms with E-state index in [4.69, 9.17) is 14.7 Å². The van der Waals surface area contributed by atoms with Gasteiger partial charge in [-0.05, 0) is 37.1 Å². The minimum absolute atomic E-state index is 0.179. The third-order valence-corrected chi connectivity index (χ3v) is 5.30. The predicted molar refractivity (Wildman–Crippen MR) is 96.4 cm³/mol. The Morgan fingerprint density at radius 1 is 1.35 bits per heavy atom. The molecule has 6 heteroatoms. The maximum atomic E-state index is 13.9. The molecular weight excluding hydrogens is 353 g/mol. The molecule has 1 atom stereocenters. The zero-order chi connectivity index (χ0) is 18.4. The van der Waals surface area contributed by atoms with Gasteiger partial charge in [-0.25, -0.2) is 9.18 Å². The number of carbonyl (C=O) groups excluding carboxylic acids is 1. The van der Waals surface area contributed by atoms with E-state index in [2.05, 4.69) is 0 Å². The van der Waals surface area contributed by atoms with Crippen molar-refractivity contribution in [3.63, 3.8) is 0 Å². The van der Waals surface area contributed by atoms with Gasteiger partial charge in [0, 0.05) is 22.8 Å². The van der Waals surface area contributed by atoms with Crippen LogP contribution in [0.5, 0.6) is 0 Å². The molecule has 1 unspecified atom stereocenters. The van der Waals surface area contributed by atoms with Crippen molar-refractivity contribution in [1.29, 1.82) is 5.26 Å². The van der Waals surface area contributed by atoms with Crippen molar-refractivity contribution in [2.45, 2.75) is 30.4 Å². The summed E-state index contributed by atoms with van der Waals surface area (Å²) in [7, 11) is 0. The van der Waals surface area contributed by atoms with Gasteiger partial charge in [-0.2, -0.15) is 5.26 Å². The lowest BCUT2D eigenvalue weighted by molar-refractivity contribution is 0.0464. The van der Waals surface area contributed by atoms with Gasteiger partial charge in [0.15, 0.2) is 0 Å². The molecule has 0 aliphatic carbocycles. The van der Waals surface area contributed by atoms with Crippen LogP contribution in [0.15, 0.2) is 47.4 Å². The van der Waals surface area contributed by atoms with Crippen LogP contribution >= 0.6 is 11.8 Å². The Morgan fingerprint density at radius 3 is 2.92 bits per heavy atom. The molecule has 1 heterocycles. The SMILES string of the molecule is N#Cc1ccc(COC(=O)c2ccccc2SCC2CCCO2)c(F)c1. The Kier molecular flexibility index (Phi) is 6.26. The molecule has 3 rings (SSSR count). The molecule has 0 spiro atoms. The van der Waals surface area contributed by atoms with Gasteiger partial charge in [0.1, 0.15) is 12.4 Å². The van der Waals surface area contributed by atoms with Gasteiger partial charge in [0.2, 0.25) is 0 Å². The molecule has 0 saturated carbocycles. The van der Waals surface area contributed by atoms with E-state index < -0.39 is 11.8 Å². The number of halogens is 1. The summed E-state index contributed by atoms with van der Waals surface area (Å²) in [5.74, 6) is -0.267. The molecule has 26 heavy (non-hydrogen) atoms. The Balaban J connectivity index is 1.63. The van der Waals surface area contributed by atoms with Crippen LogP contribution in [0, 0.1) is 17.1 Å². The molecule has 4 nitrogen and oxygen atoms in total. The number of benzene rings is 2. The second kappa shape index (κ2) is 8.84. The molecule has 0 amide bonds. The smallest absolute Gasteiger partial charge is 0.339 e. The number of thioether (sulfide) groups is 1. The quantitative estimate of drug-likeness (QED) is 0.559. The largest absolute Gasteiger partial charge is 0.457 e. The molecular formula is C20H18FNO3S. The fourth-order valence-corrected chi connectivity index (χ4v) is 3.78. The third kappa shape index (κ3) is 4.63. The number of hydrogen-bond acceptors (Lipinski definition) is 5. The van der Waals surface area contributed by atoms with Crippen LogP contribution < -0.4 is 0 Å². The van der Waals surface area contributed by atoms with Gasteiger partial charge >= 0.3 is 5.97 Å². The standard InChI is InChI=1S/C20H18FNO3S/c21-18-10-14(11-22)7-8-15(18)12-25-20(23)17-5-1-2-6-19(17)26-13-16-4-3-9-24-16/h1-2,5-8,10,16H,3-4,9,12-13H2. The van der Waals surface area contributed by atoms with Gasteiger partial charge in [0.05, 0.1) is 23.3 Å². The third-order valence-electron chi connectivity index (χ3n) is 4.10. The van der Waals surface area contributed by atoms with E-state index in [1.165, 1.54) is 12.1 Å². The molecule has 134 valence electrons. The van der Waals surface area contributed by atoms with Gasteiger partial charge in [-0.15, -0.1) is 11.8 Å². The van der Waals surface area contributed by atoms with E-state index in [-0.39, 0.29) is 23.8 Å². The molecule has 0 N–H and O–H groups in total. The summed E-state index contributed by atoms with van der Waals surface area (Å²) in [6.07, 6.45) is 2.33. The maximum absolute atomic E-state index is 13.9. The van der Waals surface area contributed by atoms with Crippen LogP contribution in [0.4, 0.5) is 4.39 Å². The molecule has 2 aromatic rings. The van der Waals surface area contributed by atoms with Crippen LogP contribution in [0.25, 0.3) is 0 Å². The van der Waals surface area contributed by atoms with E-state index in [0.29, 0.717) is 5.56 Å².